The third-order valence-electron chi connectivity index (χ3n) is 2.87. The molecule has 0 heterocycles. The molecule has 1 aromatic rings. The molecule has 1 aliphatic carbocycles. The van der Waals surface area contributed by atoms with Crippen LogP contribution in [0.2, 0.25) is 0 Å². The maximum atomic E-state index is 11.3. The molecule has 0 amide bonds. The number of isocyanates is 2. The molecule has 0 spiro atoms. The van der Waals surface area contributed by atoms with Gasteiger partial charge in [0.05, 0.1) is 5.69 Å². The number of carbonyl (C=O) groups is 1. The minimum Gasteiger partial charge on any atom is -0.300 e. The quantitative estimate of drug-likeness (QED) is 0.459. The van der Waals surface area contributed by atoms with E-state index in [0.29, 0.717) is 23.1 Å². The molecular formula is C13H8N2O3. The first-order chi connectivity index (χ1) is 8.77. The number of aldehydes is 1. The van der Waals surface area contributed by atoms with Crippen molar-refractivity contribution in [2.45, 2.75) is 12.0 Å². The Morgan fingerprint density at radius 2 is 2.11 bits per heavy atom. The Labute approximate surface area is 103 Å². The molecule has 0 aliphatic heterocycles. The predicted molar refractivity (Wildman–Crippen MR) is 63.7 cm³/mol. The number of fused-ring (bicyclic) bond motifs is 1. The lowest BCUT2D eigenvalue weighted by Crippen LogP contribution is -2.27. The highest BCUT2D eigenvalue weighted by Gasteiger charge is 2.35. The number of hydrogen-bond acceptors (Lipinski definition) is 5. The Morgan fingerprint density at radius 1 is 1.28 bits per heavy atom. The lowest BCUT2D eigenvalue weighted by molar-refractivity contribution is -0.112. The second-order valence-corrected chi connectivity index (χ2v) is 3.79. The Kier molecular flexibility index (Phi) is 3.11. The molecule has 1 aliphatic rings. The van der Waals surface area contributed by atoms with Gasteiger partial charge in [-0.25, -0.2) is 9.59 Å². The molecule has 0 N–H and O–H groups in total. The van der Waals surface area contributed by atoms with Crippen LogP contribution in [0.3, 0.4) is 0 Å². The zero-order valence-electron chi connectivity index (χ0n) is 9.29. The first-order valence-electron chi connectivity index (χ1n) is 5.20. The fraction of sp³-hybridized carbons (Fsp3) is 0.154. The van der Waals surface area contributed by atoms with Gasteiger partial charge in [0, 0.05) is 12.0 Å². The molecule has 1 atom stereocenters. The number of carbonyl (C=O) groups excluding carboxylic acids is 3. The summed E-state index contributed by atoms with van der Waals surface area (Å²) in [7, 11) is 0. The molecule has 0 radical (unpaired) electrons. The minimum absolute atomic E-state index is 0.285. The second kappa shape index (κ2) is 4.72. The summed E-state index contributed by atoms with van der Waals surface area (Å²) in [6.07, 6.45) is 7.22. The first-order valence-corrected chi connectivity index (χ1v) is 5.20. The highest BCUT2D eigenvalue weighted by atomic mass is 16.1. The van der Waals surface area contributed by atoms with Gasteiger partial charge in [-0.05, 0) is 11.6 Å². The van der Waals surface area contributed by atoms with E-state index in [2.05, 4.69) is 9.98 Å². The lowest BCUT2D eigenvalue weighted by atomic mass is 9.81. The Balaban J connectivity index is 2.75. The number of aliphatic imine (C=N–C) groups is 2. The number of hydrogen-bond donors (Lipinski definition) is 0. The summed E-state index contributed by atoms with van der Waals surface area (Å²) in [6.45, 7) is 0. The molecule has 0 fully saturated rings. The van der Waals surface area contributed by atoms with E-state index in [-0.39, 0.29) is 6.42 Å². The van der Waals surface area contributed by atoms with Crippen LogP contribution in [0.5, 0.6) is 0 Å². The van der Waals surface area contributed by atoms with Crippen LogP contribution in [0.1, 0.15) is 17.5 Å². The summed E-state index contributed by atoms with van der Waals surface area (Å²) >= 11 is 0. The fourth-order valence-electron chi connectivity index (χ4n) is 2.04. The fourth-order valence-corrected chi connectivity index (χ4v) is 2.04. The normalized spacial score (nSPS) is 20.2. The van der Waals surface area contributed by atoms with Crippen molar-refractivity contribution in [1.82, 2.24) is 0 Å². The van der Waals surface area contributed by atoms with E-state index >= 15 is 0 Å². The van der Waals surface area contributed by atoms with E-state index in [4.69, 9.17) is 0 Å². The second-order valence-electron chi connectivity index (χ2n) is 3.79. The van der Waals surface area contributed by atoms with Crippen LogP contribution in [0.25, 0.3) is 6.08 Å². The van der Waals surface area contributed by atoms with Crippen molar-refractivity contribution in [2.24, 2.45) is 9.98 Å². The average molecular weight is 240 g/mol. The summed E-state index contributed by atoms with van der Waals surface area (Å²) < 4.78 is 0. The summed E-state index contributed by atoms with van der Waals surface area (Å²) in [5.41, 5.74) is 0.268. The third kappa shape index (κ3) is 1.74. The Hall–Kier alpha value is -2.61. The van der Waals surface area contributed by atoms with Gasteiger partial charge in [-0.3, -0.25) is 0 Å². The average Bonchev–Trinajstić information content (AvgIpc) is 2.40. The van der Waals surface area contributed by atoms with Crippen molar-refractivity contribution in [3.8, 4) is 0 Å². The van der Waals surface area contributed by atoms with Crippen LogP contribution in [-0.2, 0) is 19.9 Å². The summed E-state index contributed by atoms with van der Waals surface area (Å²) in [5.74, 6) is 0. The van der Waals surface area contributed by atoms with Crippen LogP contribution in [0, 0.1) is 0 Å². The molecule has 18 heavy (non-hydrogen) atoms. The zero-order valence-corrected chi connectivity index (χ0v) is 9.29. The molecule has 88 valence electrons. The minimum atomic E-state index is -1.26. The molecule has 0 aromatic heterocycles. The van der Waals surface area contributed by atoms with Gasteiger partial charge >= 0.3 is 0 Å². The molecule has 2 rings (SSSR count). The molecule has 1 aromatic carbocycles. The molecule has 5 nitrogen and oxygen atoms in total. The largest absolute Gasteiger partial charge is 0.300 e. The van der Waals surface area contributed by atoms with Crippen LogP contribution < -0.4 is 0 Å². The maximum absolute atomic E-state index is 11.3. The maximum Gasteiger partial charge on any atom is 0.240 e. The smallest absolute Gasteiger partial charge is 0.240 e. The van der Waals surface area contributed by atoms with Crippen LogP contribution in [0.4, 0.5) is 5.69 Å². The number of benzene rings is 1. The highest BCUT2D eigenvalue weighted by molar-refractivity contribution is 5.81. The molecule has 0 bridgehead atoms. The summed E-state index contributed by atoms with van der Waals surface area (Å²) in [4.78, 5) is 39.3. The van der Waals surface area contributed by atoms with Crippen molar-refractivity contribution >= 4 is 30.2 Å². The van der Waals surface area contributed by atoms with Crippen molar-refractivity contribution < 1.29 is 14.4 Å². The van der Waals surface area contributed by atoms with E-state index in [1.807, 2.05) is 0 Å². The summed E-state index contributed by atoms with van der Waals surface area (Å²) in [6, 6.07) is 4.95. The van der Waals surface area contributed by atoms with E-state index in [9.17, 15) is 14.4 Å². The molecule has 1 unspecified atom stereocenters. The molecule has 0 saturated carbocycles. The standard InChI is InChI=1S/C13H8N2O3/c16-7-13(15-9-18)6-2-3-10-11(13)4-1-5-12(10)14-8-17/h1-5,7H,6H2. The van der Waals surface area contributed by atoms with Crippen molar-refractivity contribution in [1.29, 1.82) is 0 Å². The van der Waals surface area contributed by atoms with Gasteiger partial charge in [-0.1, -0.05) is 24.3 Å². The molecule has 5 heteroatoms. The van der Waals surface area contributed by atoms with Crippen LogP contribution in [0.15, 0.2) is 34.3 Å². The number of nitrogens with zero attached hydrogens (tertiary/aromatic N) is 2. The van der Waals surface area contributed by atoms with E-state index in [1.54, 1.807) is 30.4 Å². The first kappa shape index (κ1) is 11.9. The van der Waals surface area contributed by atoms with Gasteiger partial charge in [0.25, 0.3) is 0 Å². The van der Waals surface area contributed by atoms with Crippen molar-refractivity contribution in [3.05, 3.63) is 35.4 Å². The highest BCUT2D eigenvalue weighted by Crippen LogP contribution is 2.39. The van der Waals surface area contributed by atoms with Crippen molar-refractivity contribution in [2.75, 3.05) is 0 Å². The monoisotopic (exact) mass is 240 g/mol. The Bertz CT molecular complexity index is 623. The predicted octanol–water partition coefficient (Wildman–Crippen LogP) is 1.80. The molecule has 0 saturated heterocycles. The third-order valence-corrected chi connectivity index (χ3v) is 2.87. The van der Waals surface area contributed by atoms with Gasteiger partial charge in [0.15, 0.2) is 11.8 Å². The van der Waals surface area contributed by atoms with Crippen molar-refractivity contribution in [3.63, 3.8) is 0 Å². The number of rotatable bonds is 3. The zero-order chi connectivity index (χ0) is 13.0. The van der Waals surface area contributed by atoms with Crippen LogP contribution in [-0.4, -0.2) is 18.4 Å². The van der Waals surface area contributed by atoms with Gasteiger partial charge in [0.2, 0.25) is 12.2 Å². The van der Waals surface area contributed by atoms with Gasteiger partial charge in [-0.15, -0.1) is 0 Å². The van der Waals surface area contributed by atoms with E-state index < -0.39 is 5.54 Å². The SMILES string of the molecule is O=C=Nc1cccc2c1C=CCC2(C=O)N=C=O. The van der Waals surface area contributed by atoms with E-state index in [0.717, 1.165) is 0 Å². The lowest BCUT2D eigenvalue weighted by Gasteiger charge is -2.26. The van der Waals surface area contributed by atoms with Gasteiger partial charge < -0.3 is 4.79 Å². The van der Waals surface area contributed by atoms with Gasteiger partial charge in [0.1, 0.15) is 0 Å². The summed E-state index contributed by atoms with van der Waals surface area (Å²) in [5, 5.41) is 0. The van der Waals surface area contributed by atoms with Crippen LogP contribution >= 0.6 is 0 Å². The van der Waals surface area contributed by atoms with E-state index in [1.165, 1.54) is 12.2 Å². The molecular weight excluding hydrogens is 232 g/mol. The van der Waals surface area contributed by atoms with Gasteiger partial charge in [-0.2, -0.15) is 9.98 Å². The Morgan fingerprint density at radius 3 is 2.78 bits per heavy atom. The topological polar surface area (TPSA) is 75.9 Å².